The molecule has 0 aromatic carbocycles. The number of allylic oxidation sites excluding steroid dienone is 2. The molecule has 0 rings (SSSR count). The Morgan fingerprint density at radius 1 is 0.947 bits per heavy atom. The monoisotopic (exact) mass is 266 g/mol. The summed E-state index contributed by atoms with van der Waals surface area (Å²) in [5.74, 6) is 0.996. The molecule has 0 fully saturated rings. The lowest BCUT2D eigenvalue weighted by Crippen LogP contribution is -2.14. The molecular formula is C18H34O. The highest BCUT2D eigenvalue weighted by atomic mass is 16.1. The summed E-state index contributed by atoms with van der Waals surface area (Å²) in [5.41, 5.74) is 1.63. The van der Waals surface area contributed by atoms with Gasteiger partial charge in [0.05, 0.1) is 0 Å². The number of carbonyl (C=O) groups is 1. The van der Waals surface area contributed by atoms with Gasteiger partial charge in [0.1, 0.15) is 6.29 Å². The Kier molecular flexibility index (Phi) is 7.04. The first-order valence-corrected chi connectivity index (χ1v) is 7.60. The number of rotatable bonds is 6. The maximum Gasteiger partial charge on any atom is 0.145 e. The third-order valence-corrected chi connectivity index (χ3v) is 3.34. The van der Waals surface area contributed by atoms with Crippen molar-refractivity contribution in [1.29, 1.82) is 0 Å². The first-order valence-electron chi connectivity index (χ1n) is 7.60. The lowest BCUT2D eigenvalue weighted by molar-refractivity contribution is -0.105. The van der Waals surface area contributed by atoms with Crippen LogP contribution in [0.3, 0.4) is 0 Å². The zero-order valence-electron chi connectivity index (χ0n) is 14.3. The molecule has 0 N–H and O–H groups in total. The van der Waals surface area contributed by atoms with E-state index in [0.717, 1.165) is 24.7 Å². The molecule has 0 amide bonds. The van der Waals surface area contributed by atoms with E-state index >= 15 is 0 Å². The number of carbonyl (C=O) groups excluding carboxylic acids is 1. The van der Waals surface area contributed by atoms with E-state index in [1.807, 2.05) is 0 Å². The minimum Gasteiger partial charge on any atom is -0.298 e. The fourth-order valence-electron chi connectivity index (χ4n) is 2.87. The molecule has 0 spiro atoms. The smallest absolute Gasteiger partial charge is 0.145 e. The molecular weight excluding hydrogens is 232 g/mol. The molecule has 2 atom stereocenters. The summed E-state index contributed by atoms with van der Waals surface area (Å²) >= 11 is 0. The van der Waals surface area contributed by atoms with Crippen molar-refractivity contribution in [1.82, 2.24) is 0 Å². The van der Waals surface area contributed by atoms with Gasteiger partial charge in [0, 0.05) is 0 Å². The van der Waals surface area contributed by atoms with Gasteiger partial charge in [-0.1, -0.05) is 61.5 Å². The van der Waals surface area contributed by atoms with Crippen molar-refractivity contribution in [3.05, 3.63) is 11.6 Å². The number of hydrogen-bond donors (Lipinski definition) is 0. The van der Waals surface area contributed by atoms with Crippen molar-refractivity contribution in [2.45, 2.75) is 74.7 Å². The summed E-state index contributed by atoms with van der Waals surface area (Å²) in [6.45, 7) is 18.0. The van der Waals surface area contributed by atoms with E-state index in [-0.39, 0.29) is 5.41 Å². The lowest BCUT2D eigenvalue weighted by atomic mass is 9.81. The molecule has 0 saturated heterocycles. The number of aldehydes is 1. The molecule has 0 bridgehead atoms. The quantitative estimate of drug-likeness (QED) is 0.448. The van der Waals surface area contributed by atoms with E-state index in [9.17, 15) is 4.79 Å². The summed E-state index contributed by atoms with van der Waals surface area (Å²) in [7, 11) is 0. The fourth-order valence-corrected chi connectivity index (χ4v) is 2.87. The summed E-state index contributed by atoms with van der Waals surface area (Å²) < 4.78 is 0. The van der Waals surface area contributed by atoms with Gasteiger partial charge in [-0.2, -0.15) is 0 Å². The molecule has 2 unspecified atom stereocenters. The zero-order valence-corrected chi connectivity index (χ0v) is 14.3. The maximum absolute atomic E-state index is 11.3. The molecule has 0 aromatic heterocycles. The second-order valence-corrected chi connectivity index (χ2v) is 8.59. The average Bonchev–Trinajstić information content (AvgIpc) is 2.12. The Hall–Kier alpha value is -0.590. The molecule has 0 radical (unpaired) electrons. The van der Waals surface area contributed by atoms with Crippen LogP contribution in [0.5, 0.6) is 0 Å². The fraction of sp³-hybridized carbons (Fsp3) is 0.833. The molecule has 1 nitrogen and oxygen atoms in total. The Balaban J connectivity index is 4.52. The summed E-state index contributed by atoms with van der Waals surface area (Å²) in [4.78, 5) is 11.3. The summed E-state index contributed by atoms with van der Waals surface area (Å²) in [6.07, 6.45) is 6.49. The van der Waals surface area contributed by atoms with Crippen molar-refractivity contribution >= 4 is 6.29 Å². The highest BCUT2D eigenvalue weighted by Crippen LogP contribution is 2.30. The molecule has 1 heteroatoms. The predicted octanol–water partition coefficient (Wildman–Crippen LogP) is 5.65. The summed E-state index contributed by atoms with van der Waals surface area (Å²) in [6, 6.07) is 0. The van der Waals surface area contributed by atoms with E-state index in [4.69, 9.17) is 0 Å². The SMILES string of the molecule is CC(CC=C(C=O)C(C)CC(C)(C)C)CC(C)(C)C. The lowest BCUT2D eigenvalue weighted by Gasteiger charge is -2.24. The van der Waals surface area contributed by atoms with Crippen molar-refractivity contribution < 1.29 is 4.79 Å². The highest BCUT2D eigenvalue weighted by molar-refractivity contribution is 5.73. The largest absolute Gasteiger partial charge is 0.298 e. The van der Waals surface area contributed by atoms with E-state index in [1.165, 1.54) is 6.42 Å². The molecule has 0 aromatic rings. The Bertz CT molecular complexity index is 299. The number of hydrogen-bond acceptors (Lipinski definition) is 1. The minimum absolute atomic E-state index is 0.276. The van der Waals surface area contributed by atoms with Gasteiger partial charge < -0.3 is 0 Å². The first-order chi connectivity index (χ1) is 8.44. The van der Waals surface area contributed by atoms with Crippen LogP contribution in [0.4, 0.5) is 0 Å². The van der Waals surface area contributed by atoms with Gasteiger partial charge >= 0.3 is 0 Å². The third kappa shape index (κ3) is 9.92. The zero-order chi connectivity index (χ0) is 15.3. The van der Waals surface area contributed by atoms with Crippen molar-refractivity contribution in [2.24, 2.45) is 22.7 Å². The predicted molar refractivity (Wildman–Crippen MR) is 85.2 cm³/mol. The molecule has 0 aliphatic rings. The van der Waals surface area contributed by atoms with E-state index < -0.39 is 0 Å². The van der Waals surface area contributed by atoms with E-state index in [2.05, 4.69) is 61.5 Å². The van der Waals surface area contributed by atoms with Crippen LogP contribution in [0.15, 0.2) is 11.6 Å². The summed E-state index contributed by atoms with van der Waals surface area (Å²) in [5, 5.41) is 0. The van der Waals surface area contributed by atoms with Gasteiger partial charge in [-0.15, -0.1) is 0 Å². The van der Waals surface area contributed by atoms with Gasteiger partial charge in [0.25, 0.3) is 0 Å². The van der Waals surface area contributed by atoms with Crippen LogP contribution in [-0.2, 0) is 4.79 Å². The first kappa shape index (κ1) is 18.4. The van der Waals surface area contributed by atoms with Crippen LogP contribution in [0, 0.1) is 22.7 Å². The van der Waals surface area contributed by atoms with Crippen molar-refractivity contribution in [3.8, 4) is 0 Å². The maximum atomic E-state index is 11.3. The van der Waals surface area contributed by atoms with Gasteiger partial charge in [0.15, 0.2) is 0 Å². The topological polar surface area (TPSA) is 17.1 Å². The normalized spacial score (nSPS) is 17.2. The molecule has 112 valence electrons. The van der Waals surface area contributed by atoms with Gasteiger partial charge in [-0.3, -0.25) is 4.79 Å². The van der Waals surface area contributed by atoms with Crippen LogP contribution in [0.1, 0.15) is 74.7 Å². The standard InChI is InChI=1S/C18H34O/c1-14(11-17(3,4)5)9-10-16(13-19)15(2)12-18(6,7)8/h10,13-15H,9,11-12H2,1-8H3. The van der Waals surface area contributed by atoms with Crippen LogP contribution in [0.25, 0.3) is 0 Å². The average molecular weight is 266 g/mol. The van der Waals surface area contributed by atoms with Gasteiger partial charge in [-0.25, -0.2) is 0 Å². The Labute approximate surface area is 120 Å². The van der Waals surface area contributed by atoms with E-state index in [1.54, 1.807) is 0 Å². The Morgan fingerprint density at radius 2 is 1.42 bits per heavy atom. The van der Waals surface area contributed by atoms with Crippen molar-refractivity contribution in [3.63, 3.8) is 0 Å². The van der Waals surface area contributed by atoms with Crippen LogP contribution >= 0.6 is 0 Å². The minimum atomic E-state index is 0.276. The third-order valence-electron chi connectivity index (χ3n) is 3.34. The van der Waals surface area contributed by atoms with Gasteiger partial charge in [0.2, 0.25) is 0 Å². The van der Waals surface area contributed by atoms with Crippen molar-refractivity contribution in [2.75, 3.05) is 0 Å². The molecule has 0 aliphatic heterocycles. The highest BCUT2D eigenvalue weighted by Gasteiger charge is 2.19. The van der Waals surface area contributed by atoms with Crippen LogP contribution < -0.4 is 0 Å². The molecule has 0 saturated carbocycles. The molecule has 0 aliphatic carbocycles. The van der Waals surface area contributed by atoms with Gasteiger partial charge in [-0.05, 0) is 47.5 Å². The molecule has 19 heavy (non-hydrogen) atoms. The molecule has 0 heterocycles. The second-order valence-electron chi connectivity index (χ2n) is 8.59. The van der Waals surface area contributed by atoms with Crippen LogP contribution in [-0.4, -0.2) is 6.29 Å². The van der Waals surface area contributed by atoms with E-state index in [0.29, 0.717) is 17.3 Å². The Morgan fingerprint density at radius 3 is 1.79 bits per heavy atom. The van der Waals surface area contributed by atoms with Crippen LogP contribution in [0.2, 0.25) is 0 Å². The second kappa shape index (κ2) is 7.26.